The van der Waals surface area contributed by atoms with Crippen LogP contribution >= 0.6 is 28.3 Å². The second-order valence-corrected chi connectivity index (χ2v) is 5.38. The van der Waals surface area contributed by atoms with Crippen molar-refractivity contribution in [2.24, 2.45) is 5.92 Å². The van der Waals surface area contributed by atoms with E-state index in [1.165, 1.54) is 0 Å². The van der Waals surface area contributed by atoms with Crippen molar-refractivity contribution in [3.63, 3.8) is 0 Å². The molecule has 0 saturated carbocycles. The molecule has 2 unspecified atom stereocenters. The first-order valence-electron chi connectivity index (χ1n) is 5.94. The Morgan fingerprint density at radius 3 is 2.83 bits per heavy atom. The van der Waals surface area contributed by atoms with E-state index < -0.39 is 0 Å². The Hall–Kier alpha value is -0.580. The van der Waals surface area contributed by atoms with Crippen LogP contribution in [0.15, 0.2) is 28.7 Å². The molecule has 1 aromatic rings. The molecule has 1 saturated heterocycles. The van der Waals surface area contributed by atoms with Crippen LogP contribution in [0.5, 0.6) is 0 Å². The Morgan fingerprint density at radius 2 is 2.17 bits per heavy atom. The average molecular weight is 334 g/mol. The van der Waals surface area contributed by atoms with Gasteiger partial charge in [0.1, 0.15) is 0 Å². The van der Waals surface area contributed by atoms with Gasteiger partial charge in [0.05, 0.1) is 5.56 Å². The van der Waals surface area contributed by atoms with E-state index in [0.29, 0.717) is 11.5 Å². The molecule has 1 fully saturated rings. The fourth-order valence-corrected chi connectivity index (χ4v) is 2.58. The Bertz CT molecular complexity index is 414. The molecule has 2 atom stereocenters. The van der Waals surface area contributed by atoms with Crippen molar-refractivity contribution in [1.82, 2.24) is 10.6 Å². The van der Waals surface area contributed by atoms with Crippen LogP contribution in [0, 0.1) is 5.92 Å². The van der Waals surface area contributed by atoms with Gasteiger partial charge in [0.25, 0.3) is 5.91 Å². The molecule has 100 valence electrons. The van der Waals surface area contributed by atoms with Crippen molar-refractivity contribution < 1.29 is 4.79 Å². The van der Waals surface area contributed by atoms with Crippen LogP contribution in [0.4, 0.5) is 0 Å². The van der Waals surface area contributed by atoms with Gasteiger partial charge < -0.3 is 10.6 Å². The summed E-state index contributed by atoms with van der Waals surface area (Å²) in [6.07, 6.45) is 0.997. The predicted octanol–water partition coefficient (Wildman–Crippen LogP) is 2.60. The number of piperidine rings is 1. The largest absolute Gasteiger partial charge is 0.349 e. The quantitative estimate of drug-likeness (QED) is 0.873. The summed E-state index contributed by atoms with van der Waals surface area (Å²) >= 11 is 3.40. The maximum absolute atomic E-state index is 12.1. The van der Waals surface area contributed by atoms with Gasteiger partial charge in [-0.05, 0) is 53.5 Å². The molecular formula is C13H18BrClN2O. The Balaban J connectivity index is 0.00000162. The van der Waals surface area contributed by atoms with Gasteiger partial charge in [-0.25, -0.2) is 0 Å². The van der Waals surface area contributed by atoms with Gasteiger partial charge in [0.2, 0.25) is 0 Å². The lowest BCUT2D eigenvalue weighted by Gasteiger charge is -2.30. The summed E-state index contributed by atoms with van der Waals surface area (Å²) in [5, 5.41) is 6.45. The summed E-state index contributed by atoms with van der Waals surface area (Å²) in [5.74, 6) is 0.492. The summed E-state index contributed by atoms with van der Waals surface area (Å²) in [6, 6.07) is 7.79. The van der Waals surface area contributed by atoms with E-state index in [1.54, 1.807) is 0 Å². The molecule has 2 N–H and O–H groups in total. The molecule has 1 aromatic carbocycles. The number of rotatable bonds is 2. The van der Waals surface area contributed by atoms with Crippen LogP contribution < -0.4 is 10.6 Å². The molecule has 0 aliphatic carbocycles. The van der Waals surface area contributed by atoms with Crippen LogP contribution in [-0.4, -0.2) is 25.0 Å². The zero-order valence-electron chi connectivity index (χ0n) is 10.3. The summed E-state index contributed by atoms with van der Waals surface area (Å²) in [5.41, 5.74) is 0.707. The van der Waals surface area contributed by atoms with E-state index in [1.807, 2.05) is 24.3 Å². The van der Waals surface area contributed by atoms with E-state index in [-0.39, 0.29) is 24.4 Å². The minimum absolute atomic E-state index is 0. The van der Waals surface area contributed by atoms with Gasteiger partial charge in [-0.15, -0.1) is 12.4 Å². The van der Waals surface area contributed by atoms with Crippen LogP contribution in [0.3, 0.4) is 0 Å². The molecule has 5 heteroatoms. The monoisotopic (exact) mass is 332 g/mol. The number of benzene rings is 1. The van der Waals surface area contributed by atoms with Crippen molar-refractivity contribution in [3.05, 3.63) is 34.3 Å². The molecule has 1 heterocycles. The fourth-order valence-electron chi connectivity index (χ4n) is 2.12. The second-order valence-electron chi connectivity index (χ2n) is 4.53. The van der Waals surface area contributed by atoms with Crippen LogP contribution in [0.25, 0.3) is 0 Å². The lowest BCUT2D eigenvalue weighted by molar-refractivity contribution is 0.0913. The van der Waals surface area contributed by atoms with Crippen LogP contribution in [0.2, 0.25) is 0 Å². The van der Waals surface area contributed by atoms with E-state index in [9.17, 15) is 4.79 Å². The smallest absolute Gasteiger partial charge is 0.252 e. The molecule has 2 rings (SSSR count). The molecule has 0 spiro atoms. The van der Waals surface area contributed by atoms with Crippen molar-refractivity contribution in [3.8, 4) is 0 Å². The van der Waals surface area contributed by atoms with E-state index in [0.717, 1.165) is 24.0 Å². The Labute approximate surface area is 122 Å². The van der Waals surface area contributed by atoms with E-state index in [2.05, 4.69) is 33.5 Å². The first-order chi connectivity index (χ1) is 8.18. The zero-order valence-corrected chi connectivity index (χ0v) is 12.7. The van der Waals surface area contributed by atoms with Gasteiger partial charge in [0.15, 0.2) is 0 Å². The summed E-state index contributed by atoms with van der Waals surface area (Å²) in [7, 11) is 0. The third-order valence-electron chi connectivity index (χ3n) is 3.22. The van der Waals surface area contributed by atoms with Crippen molar-refractivity contribution in [2.45, 2.75) is 19.4 Å². The van der Waals surface area contributed by atoms with E-state index in [4.69, 9.17) is 0 Å². The van der Waals surface area contributed by atoms with Crippen LogP contribution in [0.1, 0.15) is 23.7 Å². The molecule has 3 nitrogen and oxygen atoms in total. The van der Waals surface area contributed by atoms with Crippen LogP contribution in [-0.2, 0) is 0 Å². The summed E-state index contributed by atoms with van der Waals surface area (Å²) in [4.78, 5) is 12.1. The number of hydrogen-bond acceptors (Lipinski definition) is 2. The normalized spacial score (nSPS) is 23.0. The molecule has 0 radical (unpaired) electrons. The summed E-state index contributed by atoms with van der Waals surface area (Å²) < 4.78 is 0.846. The van der Waals surface area contributed by atoms with Crippen molar-refractivity contribution >= 4 is 34.2 Å². The highest BCUT2D eigenvalue weighted by atomic mass is 79.9. The SMILES string of the molecule is CC1CNCCC1NC(=O)c1ccccc1Br.Cl. The Morgan fingerprint density at radius 1 is 1.44 bits per heavy atom. The lowest BCUT2D eigenvalue weighted by Crippen LogP contribution is -2.48. The van der Waals surface area contributed by atoms with Gasteiger partial charge in [0, 0.05) is 10.5 Å². The molecular weight excluding hydrogens is 316 g/mol. The molecule has 1 aliphatic heterocycles. The summed E-state index contributed by atoms with van der Waals surface area (Å²) in [6.45, 7) is 4.11. The molecule has 18 heavy (non-hydrogen) atoms. The standard InChI is InChI=1S/C13H17BrN2O.ClH/c1-9-8-15-7-6-12(9)16-13(17)10-4-2-3-5-11(10)14;/h2-5,9,12,15H,6-8H2,1H3,(H,16,17);1H. The first-order valence-corrected chi connectivity index (χ1v) is 6.74. The molecule has 0 aromatic heterocycles. The number of hydrogen-bond donors (Lipinski definition) is 2. The highest BCUT2D eigenvalue weighted by molar-refractivity contribution is 9.10. The highest BCUT2D eigenvalue weighted by Crippen LogP contribution is 2.17. The topological polar surface area (TPSA) is 41.1 Å². The molecule has 0 bridgehead atoms. The second kappa shape index (κ2) is 7.12. The third-order valence-corrected chi connectivity index (χ3v) is 3.91. The third kappa shape index (κ3) is 3.70. The maximum Gasteiger partial charge on any atom is 0.252 e. The van der Waals surface area contributed by atoms with E-state index >= 15 is 0 Å². The number of carbonyl (C=O) groups excluding carboxylic acids is 1. The zero-order chi connectivity index (χ0) is 12.3. The predicted molar refractivity (Wildman–Crippen MR) is 79.3 cm³/mol. The van der Waals surface area contributed by atoms with Gasteiger partial charge in [-0.1, -0.05) is 19.1 Å². The van der Waals surface area contributed by atoms with Gasteiger partial charge in [-0.3, -0.25) is 4.79 Å². The van der Waals surface area contributed by atoms with Gasteiger partial charge in [-0.2, -0.15) is 0 Å². The lowest BCUT2D eigenvalue weighted by atomic mass is 9.95. The maximum atomic E-state index is 12.1. The fraction of sp³-hybridized carbons (Fsp3) is 0.462. The Kier molecular flexibility index (Phi) is 6.12. The van der Waals surface area contributed by atoms with Crippen molar-refractivity contribution in [2.75, 3.05) is 13.1 Å². The van der Waals surface area contributed by atoms with Gasteiger partial charge >= 0.3 is 0 Å². The number of amides is 1. The highest BCUT2D eigenvalue weighted by Gasteiger charge is 2.23. The van der Waals surface area contributed by atoms with Crippen molar-refractivity contribution in [1.29, 1.82) is 0 Å². The minimum Gasteiger partial charge on any atom is -0.349 e. The first kappa shape index (κ1) is 15.5. The average Bonchev–Trinajstić information content (AvgIpc) is 2.32. The molecule has 1 aliphatic rings. The number of carbonyl (C=O) groups is 1. The molecule has 1 amide bonds. The minimum atomic E-state index is 0. The number of nitrogens with one attached hydrogen (secondary N) is 2. The number of halogens is 2.